The Labute approximate surface area is 203 Å². The van der Waals surface area contributed by atoms with Crippen LogP contribution in [0.4, 0.5) is 19.0 Å². The summed E-state index contributed by atoms with van der Waals surface area (Å²) in [4.78, 5) is 14.5. The average molecular weight is 495 g/mol. The second-order valence-corrected chi connectivity index (χ2v) is 11.2. The highest BCUT2D eigenvalue weighted by molar-refractivity contribution is 7.18. The smallest absolute Gasteiger partial charge is 0.355 e. The Morgan fingerprint density at radius 2 is 2.03 bits per heavy atom. The molecule has 186 valence electrons. The minimum atomic E-state index is -4.23. The molecule has 34 heavy (non-hydrogen) atoms. The number of halogens is 3. The summed E-state index contributed by atoms with van der Waals surface area (Å²) >= 11 is 1.11. The Bertz CT molecular complexity index is 1060. The minimum Gasteiger partial charge on any atom is -0.355 e. The molecule has 2 aromatic rings. The molecule has 2 aliphatic heterocycles. The first kappa shape index (κ1) is 24.9. The van der Waals surface area contributed by atoms with Crippen LogP contribution in [0, 0.1) is 11.3 Å². The predicted molar refractivity (Wildman–Crippen MR) is 132 cm³/mol. The van der Waals surface area contributed by atoms with Crippen molar-refractivity contribution in [3.63, 3.8) is 0 Å². The summed E-state index contributed by atoms with van der Waals surface area (Å²) < 4.78 is 38.8. The molecule has 6 nitrogen and oxygen atoms in total. The van der Waals surface area contributed by atoms with Crippen molar-refractivity contribution in [2.24, 2.45) is 16.4 Å². The molecule has 2 saturated heterocycles. The van der Waals surface area contributed by atoms with Crippen LogP contribution in [0.3, 0.4) is 0 Å². The van der Waals surface area contributed by atoms with Crippen molar-refractivity contribution < 1.29 is 13.2 Å². The minimum absolute atomic E-state index is 0.165. The maximum absolute atomic E-state index is 12.9. The van der Waals surface area contributed by atoms with Gasteiger partial charge < -0.3 is 4.90 Å². The molecule has 4 heterocycles. The highest BCUT2D eigenvalue weighted by Crippen LogP contribution is 2.44. The molecule has 0 aromatic carbocycles. The van der Waals surface area contributed by atoms with Crippen molar-refractivity contribution in [1.29, 1.82) is 0 Å². The molecule has 2 fully saturated rings. The Hall–Kier alpha value is -2.20. The number of anilines is 1. The van der Waals surface area contributed by atoms with Crippen LogP contribution >= 0.6 is 11.3 Å². The Kier molecular flexibility index (Phi) is 6.92. The maximum Gasteiger partial charge on any atom is 0.393 e. The quantitative estimate of drug-likeness (QED) is 0.392. The van der Waals surface area contributed by atoms with Gasteiger partial charge in [-0.2, -0.15) is 18.3 Å². The molecule has 2 atom stereocenters. The fraction of sp³-hybridized carbons (Fsp3) is 0.625. The number of hydrazone groups is 1. The lowest BCUT2D eigenvalue weighted by Crippen LogP contribution is -2.40. The fourth-order valence-electron chi connectivity index (χ4n) is 5.73. The number of rotatable bonds is 7. The van der Waals surface area contributed by atoms with Crippen molar-refractivity contribution in [2.75, 3.05) is 38.1 Å². The van der Waals surface area contributed by atoms with E-state index in [9.17, 15) is 13.2 Å². The largest absolute Gasteiger partial charge is 0.393 e. The topological polar surface area (TPSA) is 47.9 Å². The van der Waals surface area contributed by atoms with Gasteiger partial charge in [0, 0.05) is 55.9 Å². The summed E-state index contributed by atoms with van der Waals surface area (Å²) in [6, 6.07) is 1.95. The van der Waals surface area contributed by atoms with Crippen LogP contribution < -0.4 is 4.90 Å². The molecular weight excluding hydrogens is 461 g/mol. The normalized spacial score (nSPS) is 22.9. The Morgan fingerprint density at radius 3 is 2.71 bits per heavy atom. The van der Waals surface area contributed by atoms with Gasteiger partial charge in [-0.05, 0) is 43.9 Å². The van der Waals surface area contributed by atoms with E-state index in [2.05, 4.69) is 58.6 Å². The fourth-order valence-corrected chi connectivity index (χ4v) is 6.75. The van der Waals surface area contributed by atoms with Gasteiger partial charge in [0.1, 0.15) is 17.0 Å². The number of hydrogen-bond donors (Lipinski definition) is 0. The van der Waals surface area contributed by atoms with E-state index in [0.29, 0.717) is 16.8 Å². The van der Waals surface area contributed by atoms with E-state index in [1.54, 1.807) is 11.1 Å². The molecule has 0 unspecified atom stereocenters. The summed E-state index contributed by atoms with van der Waals surface area (Å²) in [5, 5.41) is 6.45. The molecule has 0 bridgehead atoms. The monoisotopic (exact) mass is 494 g/mol. The molecule has 4 rings (SSSR count). The summed E-state index contributed by atoms with van der Waals surface area (Å²) in [5.74, 6) is 1.22. The number of aromatic nitrogens is 2. The van der Waals surface area contributed by atoms with Gasteiger partial charge in [-0.3, -0.25) is 9.91 Å². The molecule has 2 aliphatic rings. The second-order valence-electron chi connectivity index (χ2n) is 10.1. The zero-order valence-electron chi connectivity index (χ0n) is 20.3. The van der Waals surface area contributed by atoms with Gasteiger partial charge in [-0.1, -0.05) is 13.8 Å². The molecule has 0 aliphatic carbocycles. The lowest BCUT2D eigenvalue weighted by atomic mass is 9.86. The van der Waals surface area contributed by atoms with E-state index in [-0.39, 0.29) is 10.3 Å². The van der Waals surface area contributed by atoms with Crippen LogP contribution in [0.2, 0.25) is 0 Å². The SMILES string of the molecule is C=NN(C)/C=C(\C)[C@@H](C(C)C)N1CC[C@@]2(CCN(c3ncnc4sc(CC(F)(F)F)cc34)C2)C1. The van der Waals surface area contributed by atoms with E-state index < -0.39 is 12.6 Å². The highest BCUT2D eigenvalue weighted by Gasteiger charge is 2.46. The average Bonchev–Trinajstić information content (AvgIpc) is 3.45. The first-order chi connectivity index (χ1) is 16.0. The molecule has 0 saturated carbocycles. The summed E-state index contributed by atoms with van der Waals surface area (Å²) in [5.41, 5.74) is 1.43. The van der Waals surface area contributed by atoms with Crippen LogP contribution in [0.1, 0.15) is 38.5 Å². The van der Waals surface area contributed by atoms with Crippen LogP contribution in [0.5, 0.6) is 0 Å². The van der Waals surface area contributed by atoms with Gasteiger partial charge in [-0.15, -0.1) is 11.3 Å². The number of hydrogen-bond acceptors (Lipinski definition) is 7. The van der Waals surface area contributed by atoms with Gasteiger partial charge in [0.05, 0.1) is 11.8 Å². The third-order valence-corrected chi connectivity index (χ3v) is 8.09. The van der Waals surface area contributed by atoms with Gasteiger partial charge in [0.2, 0.25) is 0 Å². The van der Waals surface area contributed by atoms with E-state index >= 15 is 0 Å². The summed E-state index contributed by atoms with van der Waals surface area (Å²) in [6.07, 6.45) is 0.534. The lowest BCUT2D eigenvalue weighted by molar-refractivity contribution is -0.126. The molecule has 0 amide bonds. The van der Waals surface area contributed by atoms with E-state index in [4.69, 9.17) is 0 Å². The number of alkyl halides is 3. The first-order valence-corrected chi connectivity index (χ1v) is 12.5. The number of nitrogens with zero attached hydrogens (tertiary/aromatic N) is 6. The molecule has 2 aromatic heterocycles. The molecule has 10 heteroatoms. The Balaban J connectivity index is 1.52. The van der Waals surface area contributed by atoms with Crippen LogP contribution in [0.25, 0.3) is 10.2 Å². The van der Waals surface area contributed by atoms with Gasteiger partial charge in [-0.25, -0.2) is 9.97 Å². The number of thiophene rings is 1. The van der Waals surface area contributed by atoms with Crippen molar-refractivity contribution in [1.82, 2.24) is 19.9 Å². The van der Waals surface area contributed by atoms with Crippen LogP contribution in [-0.2, 0) is 6.42 Å². The first-order valence-electron chi connectivity index (χ1n) is 11.7. The summed E-state index contributed by atoms with van der Waals surface area (Å²) in [7, 11) is 1.89. The van der Waals surface area contributed by atoms with Gasteiger partial charge in [0.15, 0.2) is 0 Å². The zero-order valence-corrected chi connectivity index (χ0v) is 21.1. The zero-order chi connectivity index (χ0) is 24.7. The number of fused-ring (bicyclic) bond motifs is 1. The molecule has 0 radical (unpaired) electrons. The van der Waals surface area contributed by atoms with Crippen molar-refractivity contribution in [3.05, 3.63) is 29.0 Å². The third-order valence-electron chi connectivity index (χ3n) is 7.04. The molecular formula is C24H33F3N6S. The van der Waals surface area contributed by atoms with Gasteiger partial charge in [0.25, 0.3) is 0 Å². The lowest BCUT2D eigenvalue weighted by Gasteiger charge is -2.34. The van der Waals surface area contributed by atoms with Crippen LogP contribution in [0.15, 0.2) is 29.3 Å². The van der Waals surface area contributed by atoms with E-state index in [1.807, 2.05) is 7.05 Å². The van der Waals surface area contributed by atoms with Gasteiger partial charge >= 0.3 is 6.18 Å². The molecule has 0 N–H and O–H groups in total. The van der Waals surface area contributed by atoms with Crippen molar-refractivity contribution in [3.8, 4) is 0 Å². The standard InChI is InChI=1S/C24H33F3N6S/c1-16(2)20(17(3)12-31(5)28-4)32-8-6-23(13-32)7-9-33(14-23)21-19-10-18(11-24(25,26)27)34-22(19)30-15-29-21/h10,12,15-16,20H,4,6-9,11,13-14H2,1-3,5H3/b17-12+/t20-,23-/m1/s1. The van der Waals surface area contributed by atoms with Crippen LogP contribution in [-0.4, -0.2) is 72.0 Å². The molecule has 1 spiro atoms. The predicted octanol–water partition coefficient (Wildman–Crippen LogP) is 5.17. The number of likely N-dealkylation sites (tertiary alicyclic amines) is 1. The maximum atomic E-state index is 12.9. The Morgan fingerprint density at radius 1 is 1.29 bits per heavy atom. The van der Waals surface area contributed by atoms with Crippen molar-refractivity contribution in [2.45, 2.75) is 52.3 Å². The second kappa shape index (κ2) is 9.45. The summed E-state index contributed by atoms with van der Waals surface area (Å²) in [6.45, 7) is 14.0. The van der Waals surface area contributed by atoms with Crippen molar-refractivity contribution >= 4 is 34.1 Å². The highest BCUT2D eigenvalue weighted by atomic mass is 32.1. The van der Waals surface area contributed by atoms with E-state index in [1.165, 1.54) is 11.9 Å². The van der Waals surface area contributed by atoms with E-state index in [0.717, 1.165) is 61.6 Å². The third kappa shape index (κ3) is 5.22.